The van der Waals surface area contributed by atoms with E-state index in [1.54, 1.807) is 6.07 Å². The number of aliphatic carboxylic acids is 1. The van der Waals surface area contributed by atoms with Gasteiger partial charge in [-0.1, -0.05) is 12.1 Å². The van der Waals surface area contributed by atoms with Gasteiger partial charge in [0.25, 0.3) is 5.91 Å². The van der Waals surface area contributed by atoms with Gasteiger partial charge in [-0.2, -0.15) is 0 Å². The maximum atomic E-state index is 12.1. The second-order valence-corrected chi connectivity index (χ2v) is 5.80. The van der Waals surface area contributed by atoms with Crippen LogP contribution in [0.2, 0.25) is 0 Å². The van der Waals surface area contributed by atoms with Gasteiger partial charge in [-0.15, -0.1) is 0 Å². The SMILES string of the molecule is O=C(O)CC1(NC(=O)c2ccccc2I)CCC1. The normalized spacial score (nSPS) is 16.7. The van der Waals surface area contributed by atoms with Crippen LogP contribution in [0.1, 0.15) is 36.0 Å². The van der Waals surface area contributed by atoms with Crippen molar-refractivity contribution in [2.75, 3.05) is 0 Å². The van der Waals surface area contributed by atoms with E-state index in [1.807, 2.05) is 18.2 Å². The number of amides is 1. The van der Waals surface area contributed by atoms with Crippen LogP contribution in [0.3, 0.4) is 0 Å². The molecule has 2 N–H and O–H groups in total. The zero-order chi connectivity index (χ0) is 13.2. The van der Waals surface area contributed by atoms with Gasteiger partial charge in [-0.3, -0.25) is 9.59 Å². The van der Waals surface area contributed by atoms with E-state index in [-0.39, 0.29) is 12.3 Å². The largest absolute Gasteiger partial charge is 0.481 e. The molecule has 1 aromatic rings. The predicted molar refractivity (Wildman–Crippen MR) is 75.5 cm³/mol. The number of halogens is 1. The lowest BCUT2D eigenvalue weighted by molar-refractivity contribution is -0.139. The monoisotopic (exact) mass is 359 g/mol. The molecule has 5 heteroatoms. The van der Waals surface area contributed by atoms with Crippen LogP contribution in [0.4, 0.5) is 0 Å². The summed E-state index contributed by atoms with van der Waals surface area (Å²) in [5.74, 6) is -1.04. The molecule has 0 aromatic heterocycles. The fraction of sp³-hybridized carbons (Fsp3) is 0.385. The number of hydrogen-bond donors (Lipinski definition) is 2. The quantitative estimate of drug-likeness (QED) is 0.812. The Morgan fingerprint density at radius 2 is 2.00 bits per heavy atom. The maximum Gasteiger partial charge on any atom is 0.305 e. The molecule has 1 saturated carbocycles. The van der Waals surface area contributed by atoms with Crippen molar-refractivity contribution in [1.29, 1.82) is 0 Å². The molecule has 0 atom stereocenters. The van der Waals surface area contributed by atoms with Crippen molar-refractivity contribution < 1.29 is 14.7 Å². The molecule has 1 aliphatic carbocycles. The molecule has 1 amide bonds. The predicted octanol–water partition coefficient (Wildman–Crippen LogP) is 2.42. The van der Waals surface area contributed by atoms with Gasteiger partial charge in [0.1, 0.15) is 0 Å². The van der Waals surface area contributed by atoms with E-state index in [0.29, 0.717) is 5.56 Å². The summed E-state index contributed by atoms with van der Waals surface area (Å²) in [6.07, 6.45) is 2.46. The van der Waals surface area contributed by atoms with Crippen LogP contribution in [0.15, 0.2) is 24.3 Å². The van der Waals surface area contributed by atoms with Crippen molar-refractivity contribution in [3.8, 4) is 0 Å². The summed E-state index contributed by atoms with van der Waals surface area (Å²) in [6.45, 7) is 0. The zero-order valence-corrected chi connectivity index (χ0v) is 11.9. The Morgan fingerprint density at radius 3 is 2.50 bits per heavy atom. The number of carbonyl (C=O) groups excluding carboxylic acids is 1. The van der Waals surface area contributed by atoms with Crippen LogP contribution in [0, 0.1) is 3.57 Å². The minimum Gasteiger partial charge on any atom is -0.481 e. The lowest BCUT2D eigenvalue weighted by Crippen LogP contribution is -2.54. The fourth-order valence-electron chi connectivity index (χ4n) is 2.19. The van der Waals surface area contributed by atoms with Crippen LogP contribution in [0.25, 0.3) is 0 Å². The van der Waals surface area contributed by atoms with Crippen molar-refractivity contribution in [3.05, 3.63) is 33.4 Å². The molecule has 1 fully saturated rings. The lowest BCUT2D eigenvalue weighted by atomic mass is 9.74. The Labute approximate surface area is 119 Å². The highest BCUT2D eigenvalue weighted by Gasteiger charge is 2.40. The van der Waals surface area contributed by atoms with Gasteiger partial charge in [0.2, 0.25) is 0 Å². The fourth-order valence-corrected chi connectivity index (χ4v) is 2.82. The number of benzene rings is 1. The summed E-state index contributed by atoms with van der Waals surface area (Å²) < 4.78 is 0.873. The molecule has 0 radical (unpaired) electrons. The highest BCUT2D eigenvalue weighted by atomic mass is 127. The van der Waals surface area contributed by atoms with Crippen molar-refractivity contribution in [1.82, 2.24) is 5.32 Å². The standard InChI is InChI=1S/C13H14INO3/c14-10-5-2-1-4-9(10)12(18)15-13(6-3-7-13)8-11(16)17/h1-2,4-5H,3,6-8H2,(H,15,18)(H,16,17). The van der Waals surface area contributed by atoms with Crippen LogP contribution in [-0.4, -0.2) is 22.5 Å². The van der Waals surface area contributed by atoms with Crippen LogP contribution < -0.4 is 5.32 Å². The number of carboxylic acids is 1. The molecular formula is C13H14INO3. The maximum absolute atomic E-state index is 12.1. The molecule has 0 unspecified atom stereocenters. The summed E-state index contributed by atoms with van der Waals surface area (Å²) in [5, 5.41) is 11.8. The van der Waals surface area contributed by atoms with E-state index in [4.69, 9.17) is 5.11 Å². The van der Waals surface area contributed by atoms with Gasteiger partial charge < -0.3 is 10.4 Å². The zero-order valence-electron chi connectivity index (χ0n) is 9.78. The topological polar surface area (TPSA) is 66.4 Å². The molecule has 0 bridgehead atoms. The Morgan fingerprint density at radius 1 is 1.33 bits per heavy atom. The van der Waals surface area contributed by atoms with E-state index < -0.39 is 11.5 Å². The van der Waals surface area contributed by atoms with Crippen molar-refractivity contribution in [3.63, 3.8) is 0 Å². The van der Waals surface area contributed by atoms with E-state index >= 15 is 0 Å². The summed E-state index contributed by atoms with van der Waals surface area (Å²) >= 11 is 2.11. The molecule has 18 heavy (non-hydrogen) atoms. The van der Waals surface area contributed by atoms with E-state index in [9.17, 15) is 9.59 Å². The lowest BCUT2D eigenvalue weighted by Gasteiger charge is -2.41. The first-order chi connectivity index (χ1) is 8.52. The van der Waals surface area contributed by atoms with Crippen LogP contribution in [-0.2, 0) is 4.79 Å². The third kappa shape index (κ3) is 2.82. The van der Waals surface area contributed by atoms with Gasteiger partial charge in [-0.25, -0.2) is 0 Å². The average molecular weight is 359 g/mol. The number of carboxylic acid groups (broad SMARTS) is 1. The highest BCUT2D eigenvalue weighted by molar-refractivity contribution is 14.1. The van der Waals surface area contributed by atoms with Crippen molar-refractivity contribution >= 4 is 34.5 Å². The molecule has 96 valence electrons. The average Bonchev–Trinajstić information content (AvgIpc) is 2.25. The Hall–Kier alpha value is -1.11. The first-order valence-corrected chi connectivity index (χ1v) is 6.89. The van der Waals surface area contributed by atoms with Gasteiger partial charge >= 0.3 is 5.97 Å². The van der Waals surface area contributed by atoms with Crippen molar-refractivity contribution in [2.45, 2.75) is 31.2 Å². The third-order valence-corrected chi connectivity index (χ3v) is 4.24. The molecule has 0 heterocycles. The van der Waals surface area contributed by atoms with Gasteiger partial charge in [0.15, 0.2) is 0 Å². The van der Waals surface area contributed by atoms with Crippen molar-refractivity contribution in [2.24, 2.45) is 0 Å². The van der Waals surface area contributed by atoms with Gasteiger partial charge in [-0.05, 0) is 54.0 Å². The Bertz CT molecular complexity index is 483. The van der Waals surface area contributed by atoms with Gasteiger partial charge in [0, 0.05) is 3.57 Å². The number of rotatable bonds is 4. The number of nitrogens with one attached hydrogen (secondary N) is 1. The molecule has 4 nitrogen and oxygen atoms in total. The first kappa shape index (κ1) is 13.3. The molecule has 1 aromatic carbocycles. The first-order valence-electron chi connectivity index (χ1n) is 5.81. The summed E-state index contributed by atoms with van der Waals surface area (Å²) in [6, 6.07) is 7.29. The van der Waals surface area contributed by atoms with Crippen LogP contribution in [0.5, 0.6) is 0 Å². The van der Waals surface area contributed by atoms with Gasteiger partial charge in [0.05, 0.1) is 17.5 Å². The highest BCUT2D eigenvalue weighted by Crippen LogP contribution is 2.35. The van der Waals surface area contributed by atoms with E-state index in [0.717, 1.165) is 22.8 Å². The third-order valence-electron chi connectivity index (χ3n) is 3.30. The Kier molecular flexibility index (Phi) is 3.89. The number of carbonyl (C=O) groups is 2. The molecular weight excluding hydrogens is 345 g/mol. The Balaban J connectivity index is 2.11. The molecule has 0 spiro atoms. The second kappa shape index (κ2) is 5.26. The van der Waals surface area contributed by atoms with E-state index in [2.05, 4.69) is 27.9 Å². The van der Waals surface area contributed by atoms with Crippen LogP contribution >= 0.6 is 22.6 Å². The summed E-state index contributed by atoms with van der Waals surface area (Å²) in [5.41, 5.74) is 0.0664. The minimum absolute atomic E-state index is 0.00214. The number of hydrogen-bond acceptors (Lipinski definition) is 2. The molecule has 0 aliphatic heterocycles. The minimum atomic E-state index is -0.863. The second-order valence-electron chi connectivity index (χ2n) is 4.64. The molecule has 0 saturated heterocycles. The smallest absolute Gasteiger partial charge is 0.305 e. The molecule has 1 aliphatic rings. The van der Waals surface area contributed by atoms with E-state index in [1.165, 1.54) is 0 Å². The molecule has 2 rings (SSSR count). The summed E-state index contributed by atoms with van der Waals surface area (Å²) in [4.78, 5) is 23.0. The summed E-state index contributed by atoms with van der Waals surface area (Å²) in [7, 11) is 0.